The van der Waals surface area contributed by atoms with Gasteiger partial charge in [0.1, 0.15) is 18.0 Å². The molecule has 0 bridgehead atoms. The Labute approximate surface area is 167 Å². The maximum atomic E-state index is 13.4. The number of carbonyl (C=O) groups is 1. The van der Waals surface area contributed by atoms with E-state index in [2.05, 4.69) is 21.2 Å². The minimum absolute atomic E-state index is 0.0106. The number of hydrogen-bond acceptors (Lipinski definition) is 6. The van der Waals surface area contributed by atoms with Crippen molar-refractivity contribution in [2.45, 2.75) is 31.0 Å². The first kappa shape index (κ1) is 19.9. The molecule has 0 saturated carbocycles. The maximum absolute atomic E-state index is 13.4. The van der Waals surface area contributed by atoms with Gasteiger partial charge in [-0.2, -0.15) is 0 Å². The van der Waals surface area contributed by atoms with E-state index in [-0.39, 0.29) is 23.1 Å². The van der Waals surface area contributed by atoms with Gasteiger partial charge in [0.2, 0.25) is 0 Å². The smallest absolute Gasteiger partial charge is 0.355 e. The zero-order valence-electron chi connectivity index (χ0n) is 15.2. The van der Waals surface area contributed by atoms with Gasteiger partial charge in [0, 0.05) is 23.7 Å². The first-order valence-electron chi connectivity index (χ1n) is 8.45. The Morgan fingerprint density at radius 3 is 2.56 bits per heavy atom. The van der Waals surface area contributed by atoms with Crippen LogP contribution in [0.2, 0.25) is 0 Å². The molecule has 0 aromatic heterocycles. The molecule has 1 N–H and O–H groups in total. The number of fused-ring (bicyclic) bond motifs is 1. The van der Waals surface area contributed by atoms with Crippen LogP contribution in [-0.4, -0.2) is 44.7 Å². The summed E-state index contributed by atoms with van der Waals surface area (Å²) in [7, 11) is -2.52. The molecule has 2 aliphatic rings. The van der Waals surface area contributed by atoms with Crippen molar-refractivity contribution in [3.63, 3.8) is 0 Å². The molecule has 7 nitrogen and oxygen atoms in total. The van der Waals surface area contributed by atoms with Crippen molar-refractivity contribution < 1.29 is 22.7 Å². The van der Waals surface area contributed by atoms with Crippen LogP contribution >= 0.6 is 15.9 Å². The number of hydrogen-bond donors (Lipinski definition) is 1. The molecule has 3 unspecified atom stereocenters. The summed E-state index contributed by atoms with van der Waals surface area (Å²) < 4.78 is 39.3. The molecule has 0 aliphatic carbocycles. The molecule has 3 atom stereocenters. The average Bonchev–Trinajstić information content (AvgIpc) is 3.05. The largest absolute Gasteiger partial charge is 0.461 e. The van der Waals surface area contributed by atoms with E-state index in [4.69, 9.17) is 9.47 Å². The highest BCUT2D eigenvalue weighted by molar-refractivity contribution is 9.11. The second kappa shape index (κ2) is 7.65. The summed E-state index contributed by atoms with van der Waals surface area (Å²) in [5.41, 5.74) is 0.928. The number of aryl methyl sites for hydroxylation is 1. The molecule has 0 spiro atoms. The van der Waals surface area contributed by atoms with Crippen LogP contribution in [0.1, 0.15) is 12.5 Å². The molecule has 146 valence electrons. The van der Waals surface area contributed by atoms with Gasteiger partial charge in [-0.05, 0) is 32.1 Å². The van der Waals surface area contributed by atoms with Crippen molar-refractivity contribution in [2.24, 2.45) is 5.92 Å². The Morgan fingerprint density at radius 2 is 1.96 bits per heavy atom. The van der Waals surface area contributed by atoms with E-state index in [1.54, 1.807) is 31.3 Å². The fraction of sp³-hybridized carbons (Fsp3) is 0.389. The molecule has 0 saturated heterocycles. The van der Waals surface area contributed by atoms with E-state index in [0.717, 1.165) is 14.4 Å². The highest BCUT2D eigenvalue weighted by Crippen LogP contribution is 2.42. The third-order valence-corrected chi connectivity index (χ3v) is 7.13. The van der Waals surface area contributed by atoms with Crippen LogP contribution in [0, 0.1) is 12.8 Å². The molecule has 1 aromatic carbocycles. The molecule has 0 fully saturated rings. The summed E-state index contributed by atoms with van der Waals surface area (Å²) in [5.74, 6) is -1.05. The van der Waals surface area contributed by atoms with Crippen molar-refractivity contribution in [2.75, 3.05) is 13.7 Å². The molecular weight excluding hydrogens is 436 g/mol. The van der Waals surface area contributed by atoms with Gasteiger partial charge in [-0.15, -0.1) is 0 Å². The van der Waals surface area contributed by atoms with Crippen LogP contribution in [0.15, 0.2) is 51.6 Å². The van der Waals surface area contributed by atoms with Crippen molar-refractivity contribution in [1.82, 2.24) is 9.62 Å². The molecule has 1 aromatic rings. The van der Waals surface area contributed by atoms with Gasteiger partial charge in [-0.3, -0.25) is 4.31 Å². The average molecular weight is 457 g/mol. The lowest BCUT2D eigenvalue weighted by Gasteiger charge is -2.38. The van der Waals surface area contributed by atoms with Gasteiger partial charge < -0.3 is 14.8 Å². The second-order valence-electron chi connectivity index (χ2n) is 6.25. The Hall–Kier alpha value is -1.84. The molecule has 9 heteroatoms. The molecule has 0 amide bonds. The summed E-state index contributed by atoms with van der Waals surface area (Å²) in [6.45, 7) is 3.70. The number of benzene rings is 1. The highest BCUT2D eigenvalue weighted by atomic mass is 79.9. The van der Waals surface area contributed by atoms with Crippen LogP contribution in [-0.2, 0) is 24.3 Å². The number of methoxy groups -OCH3 is 1. The lowest BCUT2D eigenvalue weighted by Crippen LogP contribution is -2.54. The van der Waals surface area contributed by atoms with E-state index in [1.165, 1.54) is 19.2 Å². The topological polar surface area (TPSA) is 84.9 Å². The third-order valence-electron chi connectivity index (χ3n) is 4.54. The Balaban J connectivity index is 2.13. The van der Waals surface area contributed by atoms with Crippen molar-refractivity contribution >= 4 is 31.9 Å². The normalized spacial score (nSPS) is 24.6. The van der Waals surface area contributed by atoms with Gasteiger partial charge in [-0.25, -0.2) is 13.2 Å². The first-order valence-corrected chi connectivity index (χ1v) is 10.7. The zero-order valence-corrected chi connectivity index (χ0v) is 17.6. The van der Waals surface area contributed by atoms with Gasteiger partial charge >= 0.3 is 5.97 Å². The monoisotopic (exact) mass is 456 g/mol. The number of sulfonamides is 1. The molecular formula is C18H21BrN2O5S. The molecule has 2 aliphatic heterocycles. The summed E-state index contributed by atoms with van der Waals surface area (Å²) >= 11 is 3.45. The van der Waals surface area contributed by atoms with Crippen LogP contribution in [0.3, 0.4) is 0 Å². The third kappa shape index (κ3) is 3.51. The fourth-order valence-corrected chi connectivity index (χ4v) is 5.44. The van der Waals surface area contributed by atoms with Gasteiger partial charge in [0.05, 0.1) is 11.5 Å². The van der Waals surface area contributed by atoms with Crippen LogP contribution < -0.4 is 5.32 Å². The van der Waals surface area contributed by atoms with Crippen LogP contribution in [0.5, 0.6) is 0 Å². The van der Waals surface area contributed by atoms with E-state index in [9.17, 15) is 13.2 Å². The van der Waals surface area contributed by atoms with E-state index in [0.29, 0.717) is 0 Å². The SMILES string of the molecule is CCOC(=O)C1=CC2C(Br)=CNC(OC)C2N1S(=O)(=O)c1ccc(C)cc1. The molecule has 3 rings (SSSR count). The Bertz CT molecular complexity index is 895. The van der Waals surface area contributed by atoms with Gasteiger partial charge in [0.25, 0.3) is 10.0 Å². The van der Waals surface area contributed by atoms with E-state index < -0.39 is 28.3 Å². The molecule has 0 radical (unpaired) electrons. The lowest BCUT2D eigenvalue weighted by atomic mass is 9.98. The van der Waals surface area contributed by atoms with E-state index >= 15 is 0 Å². The Kier molecular flexibility index (Phi) is 5.64. The fourth-order valence-electron chi connectivity index (χ4n) is 3.24. The summed E-state index contributed by atoms with van der Waals surface area (Å²) in [6, 6.07) is 5.83. The summed E-state index contributed by atoms with van der Waals surface area (Å²) in [6.07, 6.45) is 2.69. The van der Waals surface area contributed by atoms with Crippen molar-refractivity contribution in [1.29, 1.82) is 0 Å². The maximum Gasteiger partial charge on any atom is 0.355 e. The van der Waals surface area contributed by atoms with E-state index in [1.807, 2.05) is 6.92 Å². The van der Waals surface area contributed by atoms with Gasteiger partial charge in [0.15, 0.2) is 0 Å². The number of rotatable bonds is 5. The number of esters is 1. The summed E-state index contributed by atoms with van der Waals surface area (Å²) in [5, 5.41) is 3.02. The predicted molar refractivity (Wildman–Crippen MR) is 103 cm³/mol. The van der Waals surface area contributed by atoms with Crippen molar-refractivity contribution in [3.05, 3.63) is 52.3 Å². The number of carbonyl (C=O) groups excluding carboxylic acids is 1. The number of nitrogens with zero attached hydrogens (tertiary/aromatic N) is 1. The number of halogens is 1. The highest BCUT2D eigenvalue weighted by Gasteiger charge is 2.50. The number of ether oxygens (including phenoxy) is 2. The second-order valence-corrected chi connectivity index (χ2v) is 8.99. The first-order chi connectivity index (χ1) is 12.8. The lowest BCUT2D eigenvalue weighted by molar-refractivity contribution is -0.140. The standard InChI is InChI=1S/C18H21BrN2O5S/c1-4-26-18(22)15-9-13-14(19)10-20-17(25-3)16(13)21(15)27(23,24)12-7-5-11(2)6-8-12/h5-10,13,16-17,20H,4H2,1-3H3. The van der Waals surface area contributed by atoms with Crippen LogP contribution in [0.4, 0.5) is 0 Å². The molecule has 27 heavy (non-hydrogen) atoms. The number of nitrogens with one attached hydrogen (secondary N) is 1. The van der Waals surface area contributed by atoms with Crippen molar-refractivity contribution in [3.8, 4) is 0 Å². The van der Waals surface area contributed by atoms with Gasteiger partial charge in [-0.1, -0.05) is 33.6 Å². The quantitative estimate of drug-likeness (QED) is 0.683. The van der Waals surface area contributed by atoms with Crippen LogP contribution in [0.25, 0.3) is 0 Å². The zero-order chi connectivity index (χ0) is 19.8. The summed E-state index contributed by atoms with van der Waals surface area (Å²) in [4.78, 5) is 12.6. The Morgan fingerprint density at radius 1 is 1.30 bits per heavy atom. The molecule has 2 heterocycles. The minimum Gasteiger partial charge on any atom is -0.461 e. The predicted octanol–water partition coefficient (Wildman–Crippen LogP) is 2.24. The minimum atomic E-state index is -4.01.